The standard InChI is InChI=1S/C24H42O4S2/c1-6-26-17-23(4,5)20(25)9-7-18-11-12-24(27-15-22(2,3)16-28-24)19(18)8-10-21-29-13-14-30-21/h7,9,18-21,25H,6,8,10-17H2,1-5H3/t18-,19+,20?/m0/s1. The lowest BCUT2D eigenvalue weighted by Gasteiger charge is -2.45. The molecule has 1 aliphatic carbocycles. The third kappa shape index (κ3) is 6.20. The molecule has 0 bridgehead atoms. The highest BCUT2D eigenvalue weighted by atomic mass is 32.2. The fraction of sp³-hybridized carbons (Fsp3) is 0.917. The molecule has 4 nitrogen and oxygen atoms in total. The normalized spacial score (nSPS) is 30.5. The van der Waals surface area contributed by atoms with Crippen molar-refractivity contribution < 1.29 is 19.3 Å². The van der Waals surface area contributed by atoms with Gasteiger partial charge in [0.25, 0.3) is 0 Å². The van der Waals surface area contributed by atoms with Crippen LogP contribution in [0, 0.1) is 22.7 Å². The highest BCUT2D eigenvalue weighted by Gasteiger charge is 2.53. The third-order valence-corrected chi connectivity index (χ3v) is 9.92. The summed E-state index contributed by atoms with van der Waals surface area (Å²) in [4.78, 5) is 0. The van der Waals surface area contributed by atoms with Crippen molar-refractivity contribution >= 4 is 23.5 Å². The molecule has 1 saturated carbocycles. The number of hydrogen-bond acceptors (Lipinski definition) is 6. The van der Waals surface area contributed by atoms with Gasteiger partial charge < -0.3 is 19.3 Å². The molecule has 0 radical (unpaired) electrons. The van der Waals surface area contributed by atoms with Gasteiger partial charge in [-0.15, -0.1) is 23.5 Å². The summed E-state index contributed by atoms with van der Waals surface area (Å²) in [6.45, 7) is 13.3. The van der Waals surface area contributed by atoms with Crippen LogP contribution in [0.25, 0.3) is 0 Å². The molecule has 3 fully saturated rings. The van der Waals surface area contributed by atoms with Crippen LogP contribution in [0.5, 0.6) is 0 Å². The molecule has 0 aromatic heterocycles. The Balaban J connectivity index is 1.68. The van der Waals surface area contributed by atoms with Crippen LogP contribution in [0.2, 0.25) is 0 Å². The first-order chi connectivity index (χ1) is 14.2. The van der Waals surface area contributed by atoms with E-state index in [0.717, 1.165) is 32.5 Å². The lowest BCUT2D eigenvalue weighted by atomic mass is 9.83. The van der Waals surface area contributed by atoms with Crippen LogP contribution in [-0.4, -0.2) is 59.5 Å². The van der Waals surface area contributed by atoms with Crippen LogP contribution in [0.15, 0.2) is 12.2 Å². The Labute approximate surface area is 192 Å². The van der Waals surface area contributed by atoms with E-state index in [1.54, 1.807) is 0 Å². The topological polar surface area (TPSA) is 47.9 Å². The molecule has 2 aliphatic heterocycles. The van der Waals surface area contributed by atoms with Gasteiger partial charge in [-0.25, -0.2) is 0 Å². The SMILES string of the molecule is CCOCC(C)(C)C(O)C=C[C@H]1CCC2(OCC(C)(C)CO2)[C@@H]1CCC1SCCS1. The fourth-order valence-corrected chi connectivity index (χ4v) is 7.53. The van der Waals surface area contributed by atoms with Crippen molar-refractivity contribution in [3.05, 3.63) is 12.2 Å². The molecule has 0 amide bonds. The Hall–Kier alpha value is 0.280. The number of rotatable bonds is 9. The Morgan fingerprint density at radius 1 is 1.17 bits per heavy atom. The molecular weight excluding hydrogens is 416 g/mol. The molecule has 0 aromatic rings. The summed E-state index contributed by atoms with van der Waals surface area (Å²) < 4.78 is 19.2. The number of aliphatic hydroxyl groups is 1. The molecular formula is C24H42O4S2. The summed E-state index contributed by atoms with van der Waals surface area (Å²) in [6, 6.07) is 0. The highest BCUT2D eigenvalue weighted by molar-refractivity contribution is 8.20. The third-order valence-electron chi connectivity index (χ3n) is 6.75. The van der Waals surface area contributed by atoms with Gasteiger partial charge in [-0.2, -0.15) is 0 Å². The summed E-state index contributed by atoms with van der Waals surface area (Å²) in [6.07, 6.45) is 8.08. The maximum atomic E-state index is 10.8. The van der Waals surface area contributed by atoms with Gasteiger partial charge in [0.05, 0.1) is 30.5 Å². The number of hydrogen-bond donors (Lipinski definition) is 1. The molecule has 1 unspecified atom stereocenters. The van der Waals surface area contributed by atoms with Crippen LogP contribution in [0.1, 0.15) is 60.3 Å². The maximum absolute atomic E-state index is 10.8. The van der Waals surface area contributed by atoms with E-state index in [9.17, 15) is 5.11 Å². The van der Waals surface area contributed by atoms with Crippen molar-refractivity contribution in [3.8, 4) is 0 Å². The number of ether oxygens (including phenoxy) is 3. The Bertz CT molecular complexity index is 562. The van der Waals surface area contributed by atoms with E-state index in [1.165, 1.54) is 17.9 Å². The van der Waals surface area contributed by atoms with Crippen LogP contribution in [0.3, 0.4) is 0 Å². The Kier molecular flexibility index (Phi) is 8.70. The maximum Gasteiger partial charge on any atom is 0.171 e. The zero-order valence-electron chi connectivity index (χ0n) is 19.5. The second-order valence-corrected chi connectivity index (χ2v) is 13.5. The Morgan fingerprint density at radius 2 is 1.83 bits per heavy atom. The second-order valence-electron chi connectivity index (χ2n) is 10.6. The van der Waals surface area contributed by atoms with Crippen molar-refractivity contribution in [2.45, 2.75) is 76.8 Å². The largest absolute Gasteiger partial charge is 0.388 e. The predicted molar refractivity (Wildman–Crippen MR) is 128 cm³/mol. The summed E-state index contributed by atoms with van der Waals surface area (Å²) >= 11 is 4.20. The van der Waals surface area contributed by atoms with E-state index in [-0.39, 0.29) is 10.8 Å². The van der Waals surface area contributed by atoms with Crippen LogP contribution >= 0.6 is 23.5 Å². The average molecular weight is 459 g/mol. The van der Waals surface area contributed by atoms with E-state index >= 15 is 0 Å². The van der Waals surface area contributed by atoms with Gasteiger partial charge in [-0.1, -0.05) is 39.8 Å². The zero-order valence-corrected chi connectivity index (χ0v) is 21.2. The molecule has 3 rings (SSSR count). The Morgan fingerprint density at radius 3 is 2.47 bits per heavy atom. The fourth-order valence-electron chi connectivity index (χ4n) is 4.67. The number of allylic oxidation sites excluding steroid dienone is 1. The van der Waals surface area contributed by atoms with Gasteiger partial charge in [0.2, 0.25) is 0 Å². The summed E-state index contributed by atoms with van der Waals surface area (Å²) in [7, 11) is 0. The molecule has 0 aromatic carbocycles. The first kappa shape index (κ1) is 24.9. The number of aliphatic hydroxyl groups excluding tert-OH is 1. The first-order valence-electron chi connectivity index (χ1n) is 11.6. The minimum atomic E-state index is -0.519. The van der Waals surface area contributed by atoms with Crippen molar-refractivity contribution in [1.29, 1.82) is 0 Å². The van der Waals surface area contributed by atoms with Gasteiger partial charge in [0.15, 0.2) is 5.79 Å². The van der Waals surface area contributed by atoms with E-state index in [0.29, 0.717) is 29.6 Å². The molecule has 6 heteroatoms. The van der Waals surface area contributed by atoms with Gasteiger partial charge >= 0.3 is 0 Å². The van der Waals surface area contributed by atoms with Gasteiger partial charge in [-0.3, -0.25) is 0 Å². The smallest absolute Gasteiger partial charge is 0.171 e. The van der Waals surface area contributed by atoms with Crippen molar-refractivity contribution in [2.24, 2.45) is 22.7 Å². The molecule has 174 valence electrons. The number of thioether (sulfide) groups is 2. The zero-order chi connectivity index (χ0) is 21.8. The second kappa shape index (κ2) is 10.5. The van der Waals surface area contributed by atoms with Crippen LogP contribution in [-0.2, 0) is 14.2 Å². The molecule has 3 atom stereocenters. The highest BCUT2D eigenvalue weighted by Crippen LogP contribution is 2.51. The molecule has 3 aliphatic rings. The van der Waals surface area contributed by atoms with Crippen LogP contribution in [0.4, 0.5) is 0 Å². The minimum absolute atomic E-state index is 0.0837. The lowest BCUT2D eigenvalue weighted by molar-refractivity contribution is -0.316. The van der Waals surface area contributed by atoms with E-state index in [1.807, 2.05) is 13.0 Å². The van der Waals surface area contributed by atoms with Crippen molar-refractivity contribution in [2.75, 3.05) is 37.9 Å². The quantitative estimate of drug-likeness (QED) is 0.470. The first-order valence-corrected chi connectivity index (χ1v) is 13.7. The minimum Gasteiger partial charge on any atom is -0.388 e. The molecule has 30 heavy (non-hydrogen) atoms. The summed E-state index contributed by atoms with van der Waals surface area (Å²) in [5.74, 6) is 2.85. The molecule has 1 spiro atoms. The molecule has 2 saturated heterocycles. The van der Waals surface area contributed by atoms with Crippen LogP contribution < -0.4 is 0 Å². The van der Waals surface area contributed by atoms with Gasteiger partial charge in [0, 0.05) is 41.3 Å². The van der Waals surface area contributed by atoms with E-state index in [4.69, 9.17) is 14.2 Å². The van der Waals surface area contributed by atoms with Gasteiger partial charge in [-0.05, 0) is 32.1 Å². The molecule has 2 heterocycles. The van der Waals surface area contributed by atoms with E-state index < -0.39 is 11.9 Å². The lowest BCUT2D eigenvalue weighted by Crippen LogP contribution is -2.50. The summed E-state index contributed by atoms with van der Waals surface area (Å²) in [5.41, 5.74) is -0.211. The average Bonchev–Trinajstić information content (AvgIpc) is 3.34. The monoisotopic (exact) mass is 458 g/mol. The van der Waals surface area contributed by atoms with Crippen molar-refractivity contribution in [3.63, 3.8) is 0 Å². The predicted octanol–water partition coefficient (Wildman–Crippen LogP) is 5.35. The van der Waals surface area contributed by atoms with Crippen molar-refractivity contribution in [1.82, 2.24) is 0 Å². The van der Waals surface area contributed by atoms with Gasteiger partial charge in [0.1, 0.15) is 0 Å². The molecule has 1 N–H and O–H groups in total. The van der Waals surface area contributed by atoms with E-state index in [2.05, 4.69) is 57.3 Å². The summed E-state index contributed by atoms with van der Waals surface area (Å²) in [5, 5.41) is 10.8.